The van der Waals surface area contributed by atoms with Crippen molar-refractivity contribution < 1.29 is 9.53 Å². The van der Waals surface area contributed by atoms with Crippen LogP contribution >= 0.6 is 0 Å². The van der Waals surface area contributed by atoms with Crippen molar-refractivity contribution in [2.45, 2.75) is 26.2 Å². The Morgan fingerprint density at radius 1 is 1.33 bits per heavy atom. The molecule has 1 heterocycles. The molecule has 0 atom stereocenters. The highest BCUT2D eigenvalue weighted by Gasteiger charge is 2.20. The van der Waals surface area contributed by atoms with Crippen LogP contribution < -0.4 is 4.74 Å². The lowest BCUT2D eigenvalue weighted by atomic mass is 10.1. The summed E-state index contributed by atoms with van der Waals surface area (Å²) in [5.74, 6) is 0.638. The zero-order valence-electron chi connectivity index (χ0n) is 12.6. The predicted octanol–water partition coefficient (Wildman–Crippen LogP) is 2.92. The average Bonchev–Trinajstić information content (AvgIpc) is 2.53. The van der Waals surface area contributed by atoms with Crippen LogP contribution in [0.1, 0.15) is 30.4 Å². The van der Waals surface area contributed by atoms with E-state index >= 15 is 0 Å². The first kappa shape index (κ1) is 15.1. The van der Waals surface area contributed by atoms with E-state index in [1.165, 1.54) is 0 Å². The Balaban J connectivity index is 2.22. The molecule has 0 N–H and O–H groups in total. The summed E-state index contributed by atoms with van der Waals surface area (Å²) in [7, 11) is 1.62. The summed E-state index contributed by atoms with van der Waals surface area (Å²) >= 11 is 0. The summed E-state index contributed by atoms with van der Waals surface area (Å²) in [6, 6.07) is 7.65. The van der Waals surface area contributed by atoms with Gasteiger partial charge in [0.05, 0.1) is 7.11 Å². The Labute approximate surface area is 125 Å². The molecule has 1 saturated heterocycles. The summed E-state index contributed by atoms with van der Waals surface area (Å²) < 4.78 is 5.21. The van der Waals surface area contributed by atoms with Gasteiger partial charge in [0.25, 0.3) is 5.91 Å². The zero-order chi connectivity index (χ0) is 15.2. The van der Waals surface area contributed by atoms with Gasteiger partial charge in [-0.1, -0.05) is 6.07 Å². The molecule has 110 valence electrons. The molecule has 0 radical (unpaired) electrons. The van der Waals surface area contributed by atoms with Crippen LogP contribution in [-0.2, 0) is 4.79 Å². The van der Waals surface area contributed by atoms with E-state index in [0.717, 1.165) is 49.2 Å². The molecule has 2 rings (SSSR count). The highest BCUT2D eigenvalue weighted by molar-refractivity contribution is 6.01. The van der Waals surface area contributed by atoms with E-state index in [4.69, 9.17) is 4.74 Å². The molecule has 1 amide bonds. The van der Waals surface area contributed by atoms with Gasteiger partial charge in [0.2, 0.25) is 0 Å². The van der Waals surface area contributed by atoms with Gasteiger partial charge in [0, 0.05) is 13.1 Å². The van der Waals surface area contributed by atoms with Crippen molar-refractivity contribution in [2.75, 3.05) is 20.2 Å². The van der Waals surface area contributed by atoms with Gasteiger partial charge in [-0.05, 0) is 55.5 Å². The average molecular weight is 284 g/mol. The number of rotatable bonds is 3. The number of aryl methyl sites for hydroxylation is 1. The van der Waals surface area contributed by atoms with Crippen molar-refractivity contribution in [2.24, 2.45) is 0 Å². The third-order valence-corrected chi connectivity index (χ3v) is 3.72. The molecule has 0 aliphatic carbocycles. The fourth-order valence-corrected chi connectivity index (χ4v) is 2.57. The fraction of sp³-hybridized carbons (Fsp3) is 0.412. The highest BCUT2D eigenvalue weighted by Crippen LogP contribution is 2.21. The van der Waals surface area contributed by atoms with Crippen molar-refractivity contribution in [3.8, 4) is 11.8 Å². The van der Waals surface area contributed by atoms with Gasteiger partial charge in [-0.25, -0.2) is 0 Å². The Morgan fingerprint density at radius 2 is 2.05 bits per heavy atom. The first-order valence-corrected chi connectivity index (χ1v) is 7.21. The SMILES string of the molecule is COc1ccc(/C=C(\C#N)C(=O)N2CCCCC2)cc1C. The fourth-order valence-electron chi connectivity index (χ4n) is 2.57. The van der Waals surface area contributed by atoms with Gasteiger partial charge in [-0.2, -0.15) is 5.26 Å². The predicted molar refractivity (Wildman–Crippen MR) is 81.8 cm³/mol. The summed E-state index contributed by atoms with van der Waals surface area (Å²) in [6.45, 7) is 3.44. The van der Waals surface area contributed by atoms with Crippen molar-refractivity contribution in [1.82, 2.24) is 4.90 Å². The van der Waals surface area contributed by atoms with Crippen molar-refractivity contribution in [3.63, 3.8) is 0 Å². The Kier molecular flexibility index (Phi) is 4.99. The number of methoxy groups -OCH3 is 1. The summed E-state index contributed by atoms with van der Waals surface area (Å²) in [5.41, 5.74) is 2.02. The number of piperidine rings is 1. The molecule has 4 heteroatoms. The largest absolute Gasteiger partial charge is 0.496 e. The van der Waals surface area contributed by atoms with Crippen LogP contribution in [0.4, 0.5) is 0 Å². The number of nitrogens with zero attached hydrogens (tertiary/aromatic N) is 2. The second-order valence-electron chi connectivity index (χ2n) is 5.25. The molecule has 0 aromatic heterocycles. The normalized spacial score (nSPS) is 15.5. The van der Waals surface area contributed by atoms with Crippen LogP contribution in [0.25, 0.3) is 6.08 Å². The second kappa shape index (κ2) is 6.94. The van der Waals surface area contributed by atoms with Crippen LogP contribution in [0.2, 0.25) is 0 Å². The molecule has 1 aromatic rings. The van der Waals surface area contributed by atoms with Crippen molar-refractivity contribution in [3.05, 3.63) is 34.9 Å². The van der Waals surface area contributed by atoms with E-state index in [1.54, 1.807) is 18.1 Å². The standard InChI is InChI=1S/C17H20N2O2/c1-13-10-14(6-7-16(13)21-2)11-15(12-18)17(20)19-8-4-3-5-9-19/h6-7,10-11H,3-5,8-9H2,1-2H3/b15-11+. The second-order valence-corrected chi connectivity index (χ2v) is 5.25. The van der Waals surface area contributed by atoms with Crippen LogP contribution in [-0.4, -0.2) is 31.0 Å². The van der Waals surface area contributed by atoms with Gasteiger partial charge >= 0.3 is 0 Å². The van der Waals surface area contributed by atoms with Crippen molar-refractivity contribution in [1.29, 1.82) is 5.26 Å². The molecular weight excluding hydrogens is 264 g/mol. The smallest absolute Gasteiger partial charge is 0.264 e. The first-order chi connectivity index (χ1) is 10.2. The zero-order valence-corrected chi connectivity index (χ0v) is 12.6. The number of likely N-dealkylation sites (tertiary alicyclic amines) is 1. The lowest BCUT2D eigenvalue weighted by molar-refractivity contribution is -0.127. The van der Waals surface area contributed by atoms with Gasteiger partial charge < -0.3 is 9.64 Å². The summed E-state index contributed by atoms with van der Waals surface area (Å²) in [5, 5.41) is 9.27. The quantitative estimate of drug-likeness (QED) is 0.633. The number of hydrogen-bond donors (Lipinski definition) is 0. The summed E-state index contributed by atoms with van der Waals surface area (Å²) in [4.78, 5) is 14.1. The van der Waals surface area contributed by atoms with Gasteiger partial charge in [-0.3, -0.25) is 4.79 Å². The molecule has 0 spiro atoms. The number of carbonyl (C=O) groups is 1. The van der Waals surface area contributed by atoms with Crippen LogP contribution in [0.5, 0.6) is 5.75 Å². The molecule has 0 unspecified atom stereocenters. The minimum atomic E-state index is -0.161. The van der Waals surface area contributed by atoms with E-state index in [9.17, 15) is 10.1 Å². The maximum Gasteiger partial charge on any atom is 0.264 e. The number of hydrogen-bond acceptors (Lipinski definition) is 3. The van der Waals surface area contributed by atoms with Gasteiger partial charge in [-0.15, -0.1) is 0 Å². The molecule has 0 bridgehead atoms. The maximum atomic E-state index is 12.4. The monoisotopic (exact) mass is 284 g/mol. The molecule has 0 saturated carbocycles. The molecule has 1 aliphatic rings. The summed E-state index contributed by atoms with van der Waals surface area (Å²) in [6.07, 6.45) is 4.86. The van der Waals surface area contributed by atoms with Crippen LogP contribution in [0, 0.1) is 18.3 Å². The third-order valence-electron chi connectivity index (χ3n) is 3.72. The molecule has 4 nitrogen and oxygen atoms in total. The van der Waals surface area contributed by atoms with Crippen LogP contribution in [0.15, 0.2) is 23.8 Å². The molecule has 1 aromatic carbocycles. The Hall–Kier alpha value is -2.28. The maximum absolute atomic E-state index is 12.4. The number of benzene rings is 1. The number of nitriles is 1. The molecule has 1 aliphatic heterocycles. The minimum absolute atomic E-state index is 0.161. The van der Waals surface area contributed by atoms with Crippen LogP contribution in [0.3, 0.4) is 0 Å². The number of amides is 1. The van der Waals surface area contributed by atoms with Crippen molar-refractivity contribution >= 4 is 12.0 Å². The van der Waals surface area contributed by atoms with E-state index in [-0.39, 0.29) is 11.5 Å². The van der Waals surface area contributed by atoms with Gasteiger partial charge in [0.1, 0.15) is 17.4 Å². The Bertz CT molecular complexity index is 593. The first-order valence-electron chi connectivity index (χ1n) is 7.21. The van der Waals surface area contributed by atoms with Gasteiger partial charge in [0.15, 0.2) is 0 Å². The minimum Gasteiger partial charge on any atom is -0.496 e. The topological polar surface area (TPSA) is 53.3 Å². The number of ether oxygens (including phenoxy) is 1. The molecular formula is C17H20N2O2. The lowest BCUT2D eigenvalue weighted by Crippen LogP contribution is -2.36. The van der Waals surface area contributed by atoms with E-state index in [2.05, 4.69) is 0 Å². The lowest BCUT2D eigenvalue weighted by Gasteiger charge is -2.26. The van der Waals surface area contributed by atoms with E-state index in [0.29, 0.717) is 0 Å². The van der Waals surface area contributed by atoms with E-state index < -0.39 is 0 Å². The third kappa shape index (κ3) is 3.63. The molecule has 1 fully saturated rings. The molecule has 21 heavy (non-hydrogen) atoms. The number of carbonyl (C=O) groups excluding carboxylic acids is 1. The Morgan fingerprint density at radius 3 is 2.62 bits per heavy atom. The van der Waals surface area contributed by atoms with E-state index in [1.807, 2.05) is 31.2 Å². The highest BCUT2D eigenvalue weighted by atomic mass is 16.5.